The van der Waals surface area contributed by atoms with Gasteiger partial charge in [0.15, 0.2) is 20.1 Å². The molecule has 12 heteroatoms. The molecule has 0 unspecified atom stereocenters. The van der Waals surface area contributed by atoms with Gasteiger partial charge in [0, 0.05) is 18.6 Å². The Labute approximate surface area is 200 Å². The normalized spacial score (nSPS) is 18.2. The van der Waals surface area contributed by atoms with Crippen molar-refractivity contribution < 1.29 is 27.1 Å². The van der Waals surface area contributed by atoms with Crippen LogP contribution in [-0.2, 0) is 19.4 Å². The van der Waals surface area contributed by atoms with Crippen molar-refractivity contribution in [1.29, 1.82) is 0 Å². The summed E-state index contributed by atoms with van der Waals surface area (Å²) < 4.78 is 52.3. The number of hydrogen-bond acceptors (Lipinski definition) is 8. The molecular weight excluding hydrogens is 483 g/mol. The number of carbonyl (C=O) groups excluding carboxylic acids is 1. The van der Waals surface area contributed by atoms with Gasteiger partial charge in [-0.25, -0.2) is 13.4 Å². The molecule has 1 amide bonds. The minimum atomic E-state index is -3.59. The number of sulfone groups is 1. The maximum atomic E-state index is 13.4. The summed E-state index contributed by atoms with van der Waals surface area (Å²) in [5, 5.41) is 6.84. The van der Waals surface area contributed by atoms with Crippen molar-refractivity contribution in [3.63, 3.8) is 0 Å². The summed E-state index contributed by atoms with van der Waals surface area (Å²) in [6.07, 6.45) is 5.88. The van der Waals surface area contributed by atoms with Crippen molar-refractivity contribution in [2.24, 2.45) is 5.92 Å². The van der Waals surface area contributed by atoms with Crippen LogP contribution >= 0.6 is 11.3 Å². The molecule has 0 spiro atoms. The molecule has 1 aliphatic carbocycles. The average Bonchev–Trinajstić information content (AvgIpc) is 3.51. The molecule has 1 aliphatic heterocycles. The zero-order valence-corrected chi connectivity index (χ0v) is 20.2. The number of benzene rings is 1. The van der Waals surface area contributed by atoms with Crippen LogP contribution < -0.4 is 10.1 Å². The summed E-state index contributed by atoms with van der Waals surface area (Å²) in [4.78, 5) is 17.4. The summed E-state index contributed by atoms with van der Waals surface area (Å²) in [6.45, 7) is 1.25. The number of carbonyl (C=O) groups is 1. The second-order valence-corrected chi connectivity index (χ2v) is 11.8. The van der Waals surface area contributed by atoms with Gasteiger partial charge in [-0.3, -0.25) is 9.48 Å². The Balaban J connectivity index is 1.56. The molecule has 1 atom stereocenters. The Morgan fingerprint density at radius 2 is 2.06 bits per heavy atom. The summed E-state index contributed by atoms with van der Waals surface area (Å²) >= 11 is 0.746. The summed E-state index contributed by atoms with van der Waals surface area (Å²) in [7, 11) is -2.15. The monoisotopic (exact) mass is 508 g/mol. The first kappa shape index (κ1) is 23.2. The lowest BCUT2D eigenvalue weighted by molar-refractivity contribution is -0.120. The number of methoxy groups -OCH3 is 1. The zero-order valence-electron chi connectivity index (χ0n) is 18.6. The second-order valence-electron chi connectivity index (χ2n) is 8.63. The van der Waals surface area contributed by atoms with Gasteiger partial charge < -0.3 is 14.8 Å². The third-order valence-corrected chi connectivity index (χ3v) is 9.41. The van der Waals surface area contributed by atoms with E-state index >= 15 is 0 Å². The van der Waals surface area contributed by atoms with Gasteiger partial charge >= 0.3 is 0 Å². The van der Waals surface area contributed by atoms with E-state index in [1.807, 2.05) is 0 Å². The molecule has 0 radical (unpaired) electrons. The standard InChI is InChI=1S/C22H25FN4O5S2/c1-31-18-5-4-16-15(20(18)34(29,30)14-2-3-14)11-25-27(16)17(10-13-6-8-32-9-7-13)21(28)26-22-24-12-19(23)33-22/h4-5,11-14,17H,2-3,6-10H2,1H3,(H,24,26,28)/t17-/m0/s1. The summed E-state index contributed by atoms with van der Waals surface area (Å²) in [6, 6.07) is 2.59. The molecule has 2 fully saturated rings. The van der Waals surface area contributed by atoms with Crippen molar-refractivity contribution in [3.8, 4) is 5.75 Å². The summed E-state index contributed by atoms with van der Waals surface area (Å²) in [5.74, 6) is 0.112. The van der Waals surface area contributed by atoms with Crippen LogP contribution in [0.4, 0.5) is 9.52 Å². The van der Waals surface area contributed by atoms with Gasteiger partial charge in [-0.05, 0) is 50.2 Å². The van der Waals surface area contributed by atoms with Gasteiger partial charge in [-0.1, -0.05) is 11.3 Å². The van der Waals surface area contributed by atoms with Gasteiger partial charge in [-0.15, -0.1) is 0 Å². The van der Waals surface area contributed by atoms with Crippen LogP contribution in [0.3, 0.4) is 0 Å². The Bertz CT molecular complexity index is 1310. The van der Waals surface area contributed by atoms with Gasteiger partial charge in [0.1, 0.15) is 16.7 Å². The number of hydrogen-bond donors (Lipinski definition) is 1. The summed E-state index contributed by atoms with van der Waals surface area (Å²) in [5.41, 5.74) is 0.526. The maximum absolute atomic E-state index is 13.4. The van der Waals surface area contributed by atoms with E-state index in [0.717, 1.165) is 30.4 Å². The van der Waals surface area contributed by atoms with Crippen molar-refractivity contribution in [3.05, 3.63) is 29.7 Å². The third-order valence-electron chi connectivity index (χ3n) is 6.37. The highest BCUT2D eigenvalue weighted by atomic mass is 32.2. The maximum Gasteiger partial charge on any atom is 0.251 e. The SMILES string of the molecule is COc1ccc2c(cnn2[C@@H](CC2CCOCC2)C(=O)Nc2ncc(F)s2)c1S(=O)(=O)C1CC1. The van der Waals surface area contributed by atoms with Gasteiger partial charge in [0.25, 0.3) is 5.91 Å². The van der Waals surface area contributed by atoms with E-state index in [2.05, 4.69) is 15.4 Å². The van der Waals surface area contributed by atoms with Crippen LogP contribution in [-0.4, -0.2) is 54.7 Å². The fraction of sp³-hybridized carbons (Fsp3) is 0.500. The first-order valence-corrected chi connectivity index (χ1v) is 13.5. The van der Waals surface area contributed by atoms with E-state index in [1.165, 1.54) is 13.3 Å². The molecule has 1 saturated carbocycles. The Morgan fingerprint density at radius 3 is 2.71 bits per heavy atom. The molecule has 1 saturated heterocycles. The Kier molecular flexibility index (Phi) is 6.30. The smallest absolute Gasteiger partial charge is 0.251 e. The second kappa shape index (κ2) is 9.23. The Hall–Kier alpha value is -2.57. The molecule has 182 valence electrons. The molecule has 1 N–H and O–H groups in total. The van der Waals surface area contributed by atoms with Crippen LogP contribution in [0, 0.1) is 11.0 Å². The number of aromatic nitrogens is 3. The number of nitrogens with zero attached hydrogens (tertiary/aromatic N) is 3. The van der Waals surface area contributed by atoms with Crippen LogP contribution in [0.1, 0.15) is 38.1 Å². The highest BCUT2D eigenvalue weighted by Gasteiger charge is 2.40. The minimum Gasteiger partial charge on any atom is -0.495 e. The largest absolute Gasteiger partial charge is 0.495 e. The molecule has 2 aliphatic rings. The van der Waals surface area contributed by atoms with Crippen LogP contribution in [0.5, 0.6) is 5.75 Å². The first-order chi connectivity index (χ1) is 16.4. The third kappa shape index (κ3) is 4.41. The molecule has 3 heterocycles. The quantitative estimate of drug-likeness (QED) is 0.495. The molecule has 5 rings (SSSR count). The van der Waals surface area contributed by atoms with Gasteiger partial charge in [0.2, 0.25) is 0 Å². The highest BCUT2D eigenvalue weighted by molar-refractivity contribution is 7.92. The van der Waals surface area contributed by atoms with E-state index in [4.69, 9.17) is 9.47 Å². The number of thiazole rings is 1. The van der Waals surface area contributed by atoms with Crippen molar-refractivity contribution in [2.75, 3.05) is 25.6 Å². The van der Waals surface area contributed by atoms with Crippen molar-refractivity contribution in [2.45, 2.75) is 48.3 Å². The lowest BCUT2D eigenvalue weighted by atomic mass is 9.92. The first-order valence-electron chi connectivity index (χ1n) is 11.2. The van der Waals surface area contributed by atoms with Crippen LogP contribution in [0.25, 0.3) is 10.9 Å². The minimum absolute atomic E-state index is 0.119. The fourth-order valence-electron chi connectivity index (χ4n) is 4.44. The molecule has 0 bridgehead atoms. The number of ether oxygens (including phenoxy) is 2. The zero-order chi connectivity index (χ0) is 23.9. The molecule has 9 nitrogen and oxygen atoms in total. The van der Waals surface area contributed by atoms with Crippen molar-refractivity contribution in [1.82, 2.24) is 14.8 Å². The number of halogens is 1. The molecular formula is C22H25FN4O5S2. The lowest BCUT2D eigenvalue weighted by Gasteiger charge is -2.26. The topological polar surface area (TPSA) is 112 Å². The molecule has 1 aromatic carbocycles. The number of amides is 1. The van der Waals surface area contributed by atoms with Gasteiger partial charge in [-0.2, -0.15) is 9.49 Å². The Morgan fingerprint density at radius 1 is 1.29 bits per heavy atom. The number of fused-ring (bicyclic) bond motifs is 1. The van der Waals surface area contributed by atoms with Crippen LogP contribution in [0.15, 0.2) is 29.4 Å². The molecule has 3 aromatic rings. The van der Waals surface area contributed by atoms with E-state index in [1.54, 1.807) is 16.8 Å². The van der Waals surface area contributed by atoms with E-state index in [-0.39, 0.29) is 27.6 Å². The van der Waals surface area contributed by atoms with E-state index in [9.17, 15) is 17.6 Å². The average molecular weight is 509 g/mol. The lowest BCUT2D eigenvalue weighted by Crippen LogP contribution is -2.30. The number of rotatable bonds is 8. The predicted octanol–water partition coefficient (Wildman–Crippen LogP) is 3.57. The van der Waals surface area contributed by atoms with Gasteiger partial charge in [0.05, 0.1) is 30.3 Å². The fourth-order valence-corrected chi connectivity index (χ4v) is 6.97. The van der Waals surface area contributed by atoms with E-state index < -0.39 is 26.3 Å². The highest BCUT2D eigenvalue weighted by Crippen LogP contribution is 2.42. The van der Waals surface area contributed by atoms with Crippen LogP contribution in [0.2, 0.25) is 0 Å². The number of nitrogens with one attached hydrogen (secondary N) is 1. The molecule has 2 aromatic heterocycles. The number of anilines is 1. The predicted molar refractivity (Wildman–Crippen MR) is 124 cm³/mol. The molecule has 34 heavy (non-hydrogen) atoms. The van der Waals surface area contributed by atoms with Crippen molar-refractivity contribution >= 4 is 43.1 Å². The van der Waals surface area contributed by atoms with E-state index in [0.29, 0.717) is 43.4 Å².